The first-order chi connectivity index (χ1) is 13.4. The molecule has 0 bridgehead atoms. The normalized spacial score (nSPS) is 16.9. The van der Waals surface area contributed by atoms with E-state index in [1.165, 1.54) is 30.1 Å². The van der Waals surface area contributed by atoms with Crippen LogP contribution in [0, 0.1) is 17.5 Å². The molecule has 0 radical (unpaired) electrons. The number of aromatic nitrogens is 3. The lowest BCUT2D eigenvalue weighted by molar-refractivity contribution is -0.119. The Hall–Kier alpha value is -3.69. The van der Waals surface area contributed by atoms with Crippen LogP contribution in [0.25, 0.3) is 5.69 Å². The van der Waals surface area contributed by atoms with Gasteiger partial charge in [0.25, 0.3) is 5.91 Å². The molecule has 0 unspecified atom stereocenters. The first kappa shape index (κ1) is 17.7. The van der Waals surface area contributed by atoms with Gasteiger partial charge in [0.15, 0.2) is 17.5 Å². The Bertz CT molecular complexity index is 1050. The quantitative estimate of drug-likeness (QED) is 0.512. The molecule has 3 aromatic rings. The lowest BCUT2D eigenvalue weighted by Crippen LogP contribution is -2.31. The van der Waals surface area contributed by atoms with Crippen LogP contribution in [0.1, 0.15) is 11.6 Å². The van der Waals surface area contributed by atoms with Gasteiger partial charge in [0.05, 0.1) is 23.8 Å². The van der Waals surface area contributed by atoms with Crippen molar-refractivity contribution in [3.8, 4) is 5.69 Å². The zero-order chi connectivity index (χ0) is 20.0. The Labute approximate surface area is 156 Å². The molecule has 2 heterocycles. The second-order valence-electron chi connectivity index (χ2n) is 6.13. The Morgan fingerprint density at radius 1 is 0.964 bits per heavy atom. The third-order valence-electron chi connectivity index (χ3n) is 4.45. The number of hydrogen-bond acceptors (Lipinski definition) is 4. The average molecular weight is 387 g/mol. The van der Waals surface area contributed by atoms with E-state index >= 15 is 0 Å². The number of hydrogen-bond donors (Lipinski definition) is 0. The molecule has 7 nitrogen and oxygen atoms in total. The molecule has 0 N–H and O–H groups in total. The predicted octanol–water partition coefficient (Wildman–Crippen LogP) is 2.82. The van der Waals surface area contributed by atoms with Crippen LogP contribution in [0.4, 0.5) is 23.7 Å². The zero-order valence-corrected chi connectivity index (χ0v) is 14.4. The number of nitrogens with zero attached hydrogens (tertiary/aromatic N) is 5. The van der Waals surface area contributed by atoms with E-state index in [0.29, 0.717) is 17.8 Å². The van der Waals surface area contributed by atoms with Crippen molar-refractivity contribution in [2.75, 3.05) is 11.9 Å². The van der Waals surface area contributed by atoms with E-state index in [4.69, 9.17) is 0 Å². The number of urea groups is 1. The first-order valence-corrected chi connectivity index (χ1v) is 8.10. The molecule has 0 saturated carbocycles. The summed E-state index contributed by atoms with van der Waals surface area (Å²) >= 11 is 0. The van der Waals surface area contributed by atoms with Crippen LogP contribution in [0.5, 0.6) is 0 Å². The van der Waals surface area contributed by atoms with Crippen molar-refractivity contribution in [1.82, 2.24) is 19.9 Å². The van der Waals surface area contributed by atoms with Crippen molar-refractivity contribution < 1.29 is 22.8 Å². The van der Waals surface area contributed by atoms with Gasteiger partial charge in [-0.25, -0.2) is 27.5 Å². The first-order valence-electron chi connectivity index (χ1n) is 8.10. The summed E-state index contributed by atoms with van der Waals surface area (Å²) in [7, 11) is 1.33. The number of likely N-dealkylation sites (N-methyl/N-ethyl adjacent to an activating group) is 1. The molecule has 1 aromatic heterocycles. The molecular weight excluding hydrogens is 375 g/mol. The highest BCUT2D eigenvalue weighted by Crippen LogP contribution is 2.34. The van der Waals surface area contributed by atoms with Gasteiger partial charge >= 0.3 is 6.03 Å². The fourth-order valence-electron chi connectivity index (χ4n) is 3.09. The van der Waals surface area contributed by atoms with Crippen molar-refractivity contribution in [2.45, 2.75) is 6.04 Å². The molecule has 10 heteroatoms. The summed E-state index contributed by atoms with van der Waals surface area (Å²) in [4.78, 5) is 27.4. The Balaban J connectivity index is 1.68. The van der Waals surface area contributed by atoms with Crippen LogP contribution in [0.2, 0.25) is 0 Å². The van der Waals surface area contributed by atoms with Gasteiger partial charge in [0, 0.05) is 7.05 Å². The maximum atomic E-state index is 13.6. The van der Waals surface area contributed by atoms with E-state index in [2.05, 4.69) is 10.3 Å². The Kier molecular flexibility index (Phi) is 4.10. The van der Waals surface area contributed by atoms with Gasteiger partial charge in [0.2, 0.25) is 0 Å². The highest BCUT2D eigenvalue weighted by atomic mass is 19.2. The topological polar surface area (TPSA) is 71.3 Å². The molecule has 0 spiro atoms. The highest BCUT2D eigenvalue weighted by Gasteiger charge is 2.45. The van der Waals surface area contributed by atoms with E-state index in [-0.39, 0.29) is 11.3 Å². The summed E-state index contributed by atoms with van der Waals surface area (Å²) in [6.45, 7) is 0. The number of anilines is 1. The standard InChI is InChI=1S/C18H12F3N5O2/c1-24-16(10-8-13(19)15(21)14(20)9-10)17(27)26(18(24)28)12-4-2-11(3-5-12)25-7-6-22-23-25/h2-9,16H,1H3/t16-/m1/s1. The fourth-order valence-corrected chi connectivity index (χ4v) is 3.09. The molecule has 142 valence electrons. The van der Waals surface area contributed by atoms with E-state index in [1.807, 2.05) is 0 Å². The van der Waals surface area contributed by atoms with Crippen molar-refractivity contribution in [2.24, 2.45) is 0 Å². The number of rotatable bonds is 3. The summed E-state index contributed by atoms with van der Waals surface area (Å²) in [5.41, 5.74) is 0.781. The van der Waals surface area contributed by atoms with Crippen LogP contribution in [0.15, 0.2) is 48.8 Å². The molecule has 3 amide bonds. The van der Waals surface area contributed by atoms with Crippen LogP contribution >= 0.6 is 0 Å². The molecule has 1 fully saturated rings. The Morgan fingerprint density at radius 3 is 2.14 bits per heavy atom. The van der Waals surface area contributed by atoms with Crippen molar-refractivity contribution in [1.29, 1.82) is 0 Å². The molecule has 4 rings (SSSR count). The number of amides is 3. The molecule has 0 aliphatic carbocycles. The molecule has 1 saturated heterocycles. The van der Waals surface area contributed by atoms with Crippen LogP contribution < -0.4 is 4.90 Å². The Morgan fingerprint density at radius 2 is 1.57 bits per heavy atom. The molecule has 2 aromatic carbocycles. The molecular formula is C18H12F3N5O2. The number of carbonyl (C=O) groups is 2. The molecule has 1 aliphatic heterocycles. The monoisotopic (exact) mass is 387 g/mol. The minimum Gasteiger partial charge on any atom is -0.311 e. The van der Waals surface area contributed by atoms with E-state index in [1.54, 1.807) is 18.3 Å². The summed E-state index contributed by atoms with van der Waals surface area (Å²) in [6, 6.07) is 5.82. The van der Waals surface area contributed by atoms with E-state index in [9.17, 15) is 22.8 Å². The van der Waals surface area contributed by atoms with Crippen molar-refractivity contribution in [3.05, 3.63) is 71.8 Å². The van der Waals surface area contributed by atoms with Crippen LogP contribution in [0.3, 0.4) is 0 Å². The number of benzene rings is 2. The lowest BCUT2D eigenvalue weighted by atomic mass is 10.1. The maximum Gasteiger partial charge on any atom is 0.332 e. The van der Waals surface area contributed by atoms with Gasteiger partial charge in [-0.2, -0.15) is 0 Å². The summed E-state index contributed by atoms with van der Waals surface area (Å²) in [5.74, 6) is -5.20. The second kappa shape index (κ2) is 6.48. The van der Waals surface area contributed by atoms with Crippen molar-refractivity contribution >= 4 is 17.6 Å². The second-order valence-corrected chi connectivity index (χ2v) is 6.13. The summed E-state index contributed by atoms with van der Waals surface area (Å²) in [6.07, 6.45) is 3.13. The highest BCUT2D eigenvalue weighted by molar-refractivity contribution is 6.21. The summed E-state index contributed by atoms with van der Waals surface area (Å²) in [5, 5.41) is 7.54. The SMILES string of the molecule is CN1C(=O)N(c2ccc(-n3ccnn3)cc2)C(=O)[C@H]1c1cc(F)c(F)c(F)c1. The third-order valence-corrected chi connectivity index (χ3v) is 4.45. The number of carbonyl (C=O) groups excluding carboxylic acids is 2. The number of imide groups is 1. The van der Waals surface area contributed by atoms with Gasteiger partial charge in [-0.15, -0.1) is 5.10 Å². The zero-order valence-electron chi connectivity index (χ0n) is 14.4. The van der Waals surface area contributed by atoms with Gasteiger partial charge in [-0.3, -0.25) is 4.79 Å². The molecule has 1 aliphatic rings. The predicted molar refractivity (Wildman–Crippen MR) is 91.1 cm³/mol. The van der Waals surface area contributed by atoms with Gasteiger partial charge in [-0.05, 0) is 42.0 Å². The maximum absolute atomic E-state index is 13.6. The molecule has 1 atom stereocenters. The van der Waals surface area contributed by atoms with Gasteiger partial charge < -0.3 is 4.90 Å². The van der Waals surface area contributed by atoms with Crippen LogP contribution in [-0.2, 0) is 4.79 Å². The van der Waals surface area contributed by atoms with Gasteiger partial charge in [-0.1, -0.05) is 5.21 Å². The van der Waals surface area contributed by atoms with E-state index in [0.717, 1.165) is 9.80 Å². The minimum absolute atomic E-state index is 0.154. The van der Waals surface area contributed by atoms with E-state index < -0.39 is 35.4 Å². The lowest BCUT2D eigenvalue weighted by Gasteiger charge is -2.16. The average Bonchev–Trinajstić information content (AvgIpc) is 3.28. The fraction of sp³-hybridized carbons (Fsp3) is 0.111. The molecule has 28 heavy (non-hydrogen) atoms. The number of halogens is 3. The smallest absolute Gasteiger partial charge is 0.311 e. The van der Waals surface area contributed by atoms with Crippen LogP contribution in [-0.4, -0.2) is 38.9 Å². The third kappa shape index (κ3) is 2.70. The van der Waals surface area contributed by atoms with Crippen molar-refractivity contribution in [3.63, 3.8) is 0 Å². The van der Waals surface area contributed by atoms with Gasteiger partial charge in [0.1, 0.15) is 6.04 Å². The minimum atomic E-state index is -1.64. The largest absolute Gasteiger partial charge is 0.332 e. The summed E-state index contributed by atoms with van der Waals surface area (Å²) < 4.78 is 41.9.